The van der Waals surface area contributed by atoms with Crippen molar-refractivity contribution in [1.82, 2.24) is 0 Å². The van der Waals surface area contributed by atoms with Crippen LogP contribution in [0.3, 0.4) is 0 Å². The Labute approximate surface area is 98.6 Å². The minimum Gasteiger partial charge on any atom is -0.507 e. The highest BCUT2D eigenvalue weighted by Gasteiger charge is 2.02. The molecular formula is C11H12O4S. The Kier molecular flexibility index (Phi) is 4.85. The van der Waals surface area contributed by atoms with Crippen molar-refractivity contribution in [2.45, 2.75) is 12.8 Å². The fourth-order valence-electron chi connectivity index (χ4n) is 1.13. The summed E-state index contributed by atoms with van der Waals surface area (Å²) in [5, 5.41) is 9.18. The van der Waals surface area contributed by atoms with Crippen LogP contribution in [0.4, 0.5) is 0 Å². The maximum atomic E-state index is 10.5. The molecule has 0 heterocycles. The number of ether oxygens (including phenoxy) is 1. The molecule has 1 N–H and O–H groups in total. The molecular weight excluding hydrogens is 228 g/mol. The Balaban J connectivity index is 2.46. The first-order chi connectivity index (χ1) is 7.63. The number of hydrogen-bond donors (Lipinski definition) is 2. The molecule has 0 aromatic heterocycles. The van der Waals surface area contributed by atoms with Crippen molar-refractivity contribution < 1.29 is 19.4 Å². The van der Waals surface area contributed by atoms with Crippen LogP contribution < -0.4 is 4.74 Å². The topological polar surface area (TPSA) is 63.6 Å². The van der Waals surface area contributed by atoms with Gasteiger partial charge in [-0.25, -0.2) is 0 Å². The number of rotatable bonds is 6. The molecule has 0 unspecified atom stereocenters. The second-order valence-electron chi connectivity index (χ2n) is 3.18. The molecule has 0 spiro atoms. The number of carbonyl (C=O) groups is 2. The van der Waals surface area contributed by atoms with Gasteiger partial charge in [0.25, 0.3) is 0 Å². The SMILES string of the molecule is O=Cc1ccc(OCCCC(=O)S)cc1O. The van der Waals surface area contributed by atoms with Crippen molar-refractivity contribution in [2.75, 3.05) is 6.61 Å². The van der Waals surface area contributed by atoms with Crippen molar-refractivity contribution in [3.05, 3.63) is 23.8 Å². The molecule has 0 aliphatic rings. The number of phenolic OH excluding ortho intramolecular Hbond substituents is 1. The number of aromatic hydroxyl groups is 1. The summed E-state index contributed by atoms with van der Waals surface area (Å²) >= 11 is 3.63. The van der Waals surface area contributed by atoms with E-state index in [9.17, 15) is 14.7 Å². The zero-order chi connectivity index (χ0) is 12.0. The molecule has 0 bridgehead atoms. The van der Waals surface area contributed by atoms with Gasteiger partial charge in [0.05, 0.1) is 12.2 Å². The van der Waals surface area contributed by atoms with Crippen LogP contribution in [-0.4, -0.2) is 23.1 Å². The molecule has 1 aromatic rings. The van der Waals surface area contributed by atoms with Gasteiger partial charge < -0.3 is 9.84 Å². The van der Waals surface area contributed by atoms with Gasteiger partial charge in [0.1, 0.15) is 11.5 Å². The van der Waals surface area contributed by atoms with Crippen LogP contribution in [0.2, 0.25) is 0 Å². The Morgan fingerprint density at radius 2 is 2.25 bits per heavy atom. The first-order valence-electron chi connectivity index (χ1n) is 4.76. The minimum absolute atomic E-state index is 0.113. The lowest BCUT2D eigenvalue weighted by Crippen LogP contribution is -1.99. The molecule has 1 rings (SSSR count). The number of benzene rings is 1. The fourth-order valence-corrected chi connectivity index (χ4v) is 1.28. The highest BCUT2D eigenvalue weighted by molar-refractivity contribution is 7.96. The minimum atomic E-state index is -0.178. The smallest absolute Gasteiger partial charge is 0.186 e. The van der Waals surface area contributed by atoms with Crippen molar-refractivity contribution >= 4 is 24.0 Å². The Hall–Kier alpha value is -1.49. The van der Waals surface area contributed by atoms with Gasteiger partial charge in [-0.2, -0.15) is 0 Å². The lowest BCUT2D eigenvalue weighted by Gasteiger charge is -2.06. The van der Waals surface area contributed by atoms with E-state index in [2.05, 4.69) is 12.6 Å². The van der Waals surface area contributed by atoms with Crippen molar-refractivity contribution in [3.8, 4) is 11.5 Å². The summed E-state index contributed by atoms with van der Waals surface area (Å²) in [4.78, 5) is 20.9. The Morgan fingerprint density at radius 1 is 1.50 bits per heavy atom. The number of aldehydes is 1. The summed E-state index contributed by atoms with van der Waals surface area (Å²) in [7, 11) is 0. The largest absolute Gasteiger partial charge is 0.507 e. The average molecular weight is 240 g/mol. The van der Waals surface area contributed by atoms with Crippen LogP contribution in [0.25, 0.3) is 0 Å². The second-order valence-corrected chi connectivity index (χ2v) is 3.68. The second kappa shape index (κ2) is 6.17. The van der Waals surface area contributed by atoms with Gasteiger partial charge in [0.2, 0.25) is 0 Å². The summed E-state index contributed by atoms with van der Waals surface area (Å²) in [5.41, 5.74) is 0.220. The van der Waals surface area contributed by atoms with Crippen LogP contribution >= 0.6 is 12.6 Å². The first-order valence-corrected chi connectivity index (χ1v) is 5.21. The Morgan fingerprint density at radius 3 is 2.81 bits per heavy atom. The molecule has 5 heteroatoms. The number of carbonyl (C=O) groups excluding carboxylic acids is 2. The summed E-state index contributed by atoms with van der Waals surface area (Å²) in [6, 6.07) is 4.43. The van der Waals surface area contributed by atoms with Crippen LogP contribution in [0, 0.1) is 0 Å². The maximum Gasteiger partial charge on any atom is 0.186 e. The normalized spacial score (nSPS) is 9.81. The van der Waals surface area contributed by atoms with Gasteiger partial charge in [0.15, 0.2) is 11.4 Å². The monoisotopic (exact) mass is 240 g/mol. The van der Waals surface area contributed by atoms with Gasteiger partial charge >= 0.3 is 0 Å². The molecule has 0 aliphatic heterocycles. The van der Waals surface area contributed by atoms with E-state index in [0.29, 0.717) is 31.5 Å². The molecule has 16 heavy (non-hydrogen) atoms. The quantitative estimate of drug-likeness (QED) is 0.452. The van der Waals surface area contributed by atoms with E-state index >= 15 is 0 Å². The predicted octanol–water partition coefficient (Wildman–Crippen LogP) is 1.82. The van der Waals surface area contributed by atoms with E-state index in [-0.39, 0.29) is 16.4 Å². The summed E-state index contributed by atoms with van der Waals surface area (Å²) in [5.74, 6) is 0.354. The maximum absolute atomic E-state index is 10.5. The van der Waals surface area contributed by atoms with Gasteiger partial charge in [-0.05, 0) is 18.6 Å². The zero-order valence-electron chi connectivity index (χ0n) is 8.55. The van der Waals surface area contributed by atoms with E-state index in [0.717, 1.165) is 0 Å². The van der Waals surface area contributed by atoms with E-state index in [1.165, 1.54) is 12.1 Å². The summed E-state index contributed by atoms with van der Waals surface area (Å²) in [6.45, 7) is 0.367. The molecule has 0 saturated heterocycles. The first kappa shape index (κ1) is 12.6. The number of phenols is 1. The van der Waals surface area contributed by atoms with Crippen LogP contribution in [0.5, 0.6) is 11.5 Å². The molecule has 0 amide bonds. The molecule has 0 fully saturated rings. The van der Waals surface area contributed by atoms with Crippen LogP contribution in [0.15, 0.2) is 18.2 Å². The van der Waals surface area contributed by atoms with Gasteiger partial charge in [0, 0.05) is 12.5 Å². The third-order valence-electron chi connectivity index (χ3n) is 1.93. The molecule has 0 radical (unpaired) electrons. The lowest BCUT2D eigenvalue weighted by molar-refractivity contribution is -0.111. The highest BCUT2D eigenvalue weighted by Crippen LogP contribution is 2.22. The van der Waals surface area contributed by atoms with E-state index < -0.39 is 0 Å². The molecule has 0 saturated carbocycles. The summed E-state index contributed by atoms with van der Waals surface area (Å²) < 4.78 is 5.27. The van der Waals surface area contributed by atoms with Crippen molar-refractivity contribution in [1.29, 1.82) is 0 Å². The van der Waals surface area contributed by atoms with Crippen molar-refractivity contribution in [2.24, 2.45) is 0 Å². The van der Waals surface area contributed by atoms with Crippen LogP contribution in [-0.2, 0) is 4.79 Å². The highest BCUT2D eigenvalue weighted by atomic mass is 32.1. The predicted molar refractivity (Wildman–Crippen MR) is 62.2 cm³/mol. The lowest BCUT2D eigenvalue weighted by atomic mass is 10.2. The molecule has 1 aromatic carbocycles. The molecule has 0 aliphatic carbocycles. The molecule has 0 atom stereocenters. The molecule has 4 nitrogen and oxygen atoms in total. The van der Waals surface area contributed by atoms with E-state index in [1.807, 2.05) is 0 Å². The van der Waals surface area contributed by atoms with Gasteiger partial charge in [-0.15, -0.1) is 12.6 Å². The van der Waals surface area contributed by atoms with Gasteiger partial charge in [-0.1, -0.05) is 0 Å². The Bertz CT molecular complexity index is 390. The number of thiol groups is 1. The zero-order valence-corrected chi connectivity index (χ0v) is 9.44. The fraction of sp³-hybridized carbons (Fsp3) is 0.273. The standard InChI is InChI=1S/C11H12O4S/c12-7-8-3-4-9(6-10(8)13)15-5-1-2-11(14)16/h3-4,6-7,13H,1-2,5H2,(H,14,16). The summed E-state index contributed by atoms with van der Waals surface area (Å²) in [6.07, 6.45) is 1.48. The molecule has 86 valence electrons. The van der Waals surface area contributed by atoms with E-state index in [4.69, 9.17) is 4.74 Å². The van der Waals surface area contributed by atoms with Crippen molar-refractivity contribution in [3.63, 3.8) is 0 Å². The van der Waals surface area contributed by atoms with E-state index in [1.54, 1.807) is 6.07 Å². The third-order valence-corrected chi connectivity index (χ3v) is 2.16. The number of hydrogen-bond acceptors (Lipinski definition) is 4. The van der Waals surface area contributed by atoms with Crippen LogP contribution in [0.1, 0.15) is 23.2 Å². The average Bonchev–Trinajstić information content (AvgIpc) is 2.24. The third kappa shape index (κ3) is 3.94. The van der Waals surface area contributed by atoms with Gasteiger partial charge in [-0.3, -0.25) is 9.59 Å².